The molecule has 0 amide bonds. The van der Waals surface area contributed by atoms with Gasteiger partial charge in [0, 0.05) is 13.1 Å². The van der Waals surface area contributed by atoms with Crippen LogP contribution in [0.4, 0.5) is 0 Å². The predicted molar refractivity (Wildman–Crippen MR) is 31.4 cm³/mol. The monoisotopic (exact) mass is 131 g/mol. The number of hydrogen-bond donors (Lipinski definition) is 1. The lowest BCUT2D eigenvalue weighted by molar-refractivity contribution is -0.550. The molecule has 1 atom stereocenters. The van der Waals surface area contributed by atoms with Gasteiger partial charge < -0.3 is 0 Å². The first-order valence-electron chi connectivity index (χ1n) is 2.79. The van der Waals surface area contributed by atoms with Crippen LogP contribution in [0, 0.1) is 10.1 Å². The number of nitrogens with zero attached hydrogens (tertiary/aromatic N) is 2. The molecular formula is C4H9N3O2. The lowest BCUT2D eigenvalue weighted by Gasteiger charge is -2.08. The number of likely N-dealkylation sites (N-methyl/N-ethyl adjacent to an activating group) is 1. The van der Waals surface area contributed by atoms with E-state index >= 15 is 0 Å². The maximum Gasteiger partial charge on any atom is 0.325 e. The van der Waals surface area contributed by atoms with Gasteiger partial charge in [-0.25, -0.2) is 10.2 Å². The van der Waals surface area contributed by atoms with Gasteiger partial charge in [0.15, 0.2) is 0 Å². The minimum atomic E-state index is -0.662. The van der Waals surface area contributed by atoms with Crippen LogP contribution < -0.4 is 5.32 Å². The number of nitrogens with one attached hydrogen (secondary N) is 1. The summed E-state index contributed by atoms with van der Waals surface area (Å²) in [5.41, 5.74) is 0. The Morgan fingerprint density at radius 2 is 2.56 bits per heavy atom. The van der Waals surface area contributed by atoms with E-state index in [2.05, 4.69) is 5.32 Å². The SMILES string of the molecule is CN1CCNC1[N+](=O)[O-]. The Kier molecular flexibility index (Phi) is 1.63. The summed E-state index contributed by atoms with van der Waals surface area (Å²) in [4.78, 5) is 11.5. The quantitative estimate of drug-likeness (QED) is 0.369. The average molecular weight is 131 g/mol. The molecule has 0 saturated carbocycles. The van der Waals surface area contributed by atoms with Gasteiger partial charge in [-0.05, 0) is 7.05 Å². The van der Waals surface area contributed by atoms with E-state index in [1.54, 1.807) is 11.9 Å². The Bertz CT molecular complexity index is 127. The summed E-state index contributed by atoms with van der Waals surface area (Å²) >= 11 is 0. The summed E-state index contributed by atoms with van der Waals surface area (Å²) in [5.74, 6) is 0. The first-order chi connectivity index (χ1) is 4.22. The summed E-state index contributed by atoms with van der Waals surface area (Å²) in [6.07, 6.45) is -0.662. The molecule has 1 aliphatic rings. The van der Waals surface area contributed by atoms with E-state index in [9.17, 15) is 10.1 Å². The highest BCUT2D eigenvalue weighted by molar-refractivity contribution is 4.65. The molecule has 1 aliphatic heterocycles. The fraction of sp³-hybridized carbons (Fsp3) is 1.00. The van der Waals surface area contributed by atoms with Crippen molar-refractivity contribution in [3.05, 3.63) is 10.1 Å². The molecule has 1 heterocycles. The third-order valence-corrected chi connectivity index (χ3v) is 1.41. The highest BCUT2D eigenvalue weighted by Gasteiger charge is 2.29. The molecule has 5 nitrogen and oxygen atoms in total. The fourth-order valence-corrected chi connectivity index (χ4v) is 0.884. The summed E-state index contributed by atoms with van der Waals surface area (Å²) in [5, 5.41) is 12.8. The minimum absolute atomic E-state index is 0.326. The molecule has 0 bridgehead atoms. The molecule has 9 heavy (non-hydrogen) atoms. The van der Waals surface area contributed by atoms with Crippen molar-refractivity contribution in [3.8, 4) is 0 Å². The molecule has 0 aromatic carbocycles. The van der Waals surface area contributed by atoms with Gasteiger partial charge in [-0.3, -0.25) is 10.1 Å². The van der Waals surface area contributed by atoms with Gasteiger partial charge in [0.1, 0.15) is 0 Å². The zero-order valence-electron chi connectivity index (χ0n) is 5.20. The minimum Gasteiger partial charge on any atom is -0.262 e. The Morgan fingerprint density at radius 3 is 2.78 bits per heavy atom. The fourth-order valence-electron chi connectivity index (χ4n) is 0.884. The highest BCUT2D eigenvalue weighted by Crippen LogP contribution is 1.98. The molecule has 1 N–H and O–H groups in total. The highest BCUT2D eigenvalue weighted by atomic mass is 16.6. The van der Waals surface area contributed by atoms with Gasteiger partial charge in [-0.15, -0.1) is 0 Å². The van der Waals surface area contributed by atoms with Crippen LogP contribution in [0.15, 0.2) is 0 Å². The van der Waals surface area contributed by atoms with Crippen molar-refractivity contribution in [2.45, 2.75) is 6.29 Å². The molecule has 0 spiro atoms. The third kappa shape index (κ3) is 1.17. The maximum absolute atomic E-state index is 10.1. The van der Waals surface area contributed by atoms with E-state index in [1.165, 1.54) is 0 Å². The topological polar surface area (TPSA) is 58.4 Å². The van der Waals surface area contributed by atoms with Crippen molar-refractivity contribution < 1.29 is 4.92 Å². The summed E-state index contributed by atoms with van der Waals surface area (Å²) < 4.78 is 0. The van der Waals surface area contributed by atoms with Gasteiger partial charge in [0.2, 0.25) is 0 Å². The summed E-state index contributed by atoms with van der Waals surface area (Å²) in [7, 11) is 1.73. The Labute approximate surface area is 52.8 Å². The zero-order chi connectivity index (χ0) is 6.85. The van der Waals surface area contributed by atoms with Crippen molar-refractivity contribution in [1.29, 1.82) is 0 Å². The molecule has 1 saturated heterocycles. The van der Waals surface area contributed by atoms with Gasteiger partial charge >= 0.3 is 6.29 Å². The molecule has 5 heteroatoms. The van der Waals surface area contributed by atoms with E-state index in [4.69, 9.17) is 0 Å². The molecule has 1 rings (SSSR count). The Morgan fingerprint density at radius 1 is 1.89 bits per heavy atom. The lowest BCUT2D eigenvalue weighted by atomic mass is 10.7. The van der Waals surface area contributed by atoms with E-state index in [1.807, 2.05) is 0 Å². The van der Waals surface area contributed by atoms with Gasteiger partial charge in [0.25, 0.3) is 0 Å². The standard InChI is InChI=1S/C4H9N3O2/c1-6-3-2-5-4(6)7(8)9/h4-5H,2-3H2,1H3. The van der Waals surface area contributed by atoms with Crippen LogP contribution in [0.2, 0.25) is 0 Å². The molecule has 52 valence electrons. The van der Waals surface area contributed by atoms with Crippen LogP contribution in [0.1, 0.15) is 0 Å². The smallest absolute Gasteiger partial charge is 0.262 e. The van der Waals surface area contributed by atoms with Crippen LogP contribution in [0.5, 0.6) is 0 Å². The molecule has 0 radical (unpaired) electrons. The van der Waals surface area contributed by atoms with Crippen molar-refractivity contribution in [2.75, 3.05) is 20.1 Å². The number of hydrogen-bond acceptors (Lipinski definition) is 4. The van der Waals surface area contributed by atoms with Crippen molar-refractivity contribution >= 4 is 0 Å². The van der Waals surface area contributed by atoms with E-state index in [0.717, 1.165) is 6.54 Å². The third-order valence-electron chi connectivity index (χ3n) is 1.41. The largest absolute Gasteiger partial charge is 0.325 e. The van der Waals surface area contributed by atoms with Crippen LogP contribution >= 0.6 is 0 Å². The average Bonchev–Trinajstić information content (AvgIpc) is 2.13. The van der Waals surface area contributed by atoms with Crippen LogP contribution in [-0.4, -0.2) is 36.3 Å². The van der Waals surface area contributed by atoms with Crippen molar-refractivity contribution in [1.82, 2.24) is 10.2 Å². The van der Waals surface area contributed by atoms with Crippen molar-refractivity contribution in [2.24, 2.45) is 0 Å². The normalized spacial score (nSPS) is 28.8. The van der Waals surface area contributed by atoms with Crippen LogP contribution in [0.25, 0.3) is 0 Å². The van der Waals surface area contributed by atoms with Gasteiger partial charge in [-0.2, -0.15) is 0 Å². The molecule has 0 aromatic heterocycles. The van der Waals surface area contributed by atoms with Gasteiger partial charge in [0.05, 0.1) is 4.92 Å². The van der Waals surface area contributed by atoms with Crippen LogP contribution in [0.3, 0.4) is 0 Å². The molecule has 0 aromatic rings. The first-order valence-corrected chi connectivity index (χ1v) is 2.79. The Hall–Kier alpha value is -0.680. The summed E-state index contributed by atoms with van der Waals surface area (Å²) in [6.45, 7) is 1.47. The maximum atomic E-state index is 10.1. The lowest BCUT2D eigenvalue weighted by Crippen LogP contribution is -2.39. The number of rotatable bonds is 1. The second kappa shape index (κ2) is 2.28. The Balaban J connectivity index is 2.49. The molecule has 1 unspecified atom stereocenters. The van der Waals surface area contributed by atoms with E-state index in [0.29, 0.717) is 6.54 Å². The zero-order valence-corrected chi connectivity index (χ0v) is 5.20. The summed E-state index contributed by atoms with van der Waals surface area (Å²) in [6, 6.07) is 0. The predicted octanol–water partition coefficient (Wildman–Crippen LogP) is -0.918. The van der Waals surface area contributed by atoms with E-state index < -0.39 is 6.29 Å². The van der Waals surface area contributed by atoms with Crippen molar-refractivity contribution in [3.63, 3.8) is 0 Å². The van der Waals surface area contributed by atoms with E-state index in [-0.39, 0.29) is 4.92 Å². The molecular weight excluding hydrogens is 122 g/mol. The number of nitro groups is 1. The second-order valence-electron chi connectivity index (χ2n) is 2.09. The molecule has 0 aliphatic carbocycles. The first kappa shape index (κ1) is 6.44. The molecule has 1 fully saturated rings. The van der Waals surface area contributed by atoms with Crippen LogP contribution in [-0.2, 0) is 0 Å². The second-order valence-corrected chi connectivity index (χ2v) is 2.09. The van der Waals surface area contributed by atoms with Gasteiger partial charge in [-0.1, -0.05) is 0 Å².